The number of pyridine rings is 1. The van der Waals surface area contributed by atoms with Crippen LogP contribution in [0.4, 0.5) is 16.6 Å². The highest BCUT2D eigenvalue weighted by molar-refractivity contribution is 7.17. The first-order valence-electron chi connectivity index (χ1n) is 9.54. The lowest BCUT2D eigenvalue weighted by atomic mass is 10.2. The number of carbonyl (C=O) groups excluding carboxylic acids is 1. The fourth-order valence-corrected chi connectivity index (χ4v) is 3.68. The van der Waals surface area contributed by atoms with Crippen molar-refractivity contribution < 1.29 is 9.53 Å². The van der Waals surface area contributed by atoms with E-state index in [1.54, 1.807) is 44.6 Å². The SMILES string of the molecule is CN(C)C(=O)c1cccc(Nc2cc(Oc3sc(N)nc3-c3ccccc3)ccn2)c1. The van der Waals surface area contributed by atoms with Crippen molar-refractivity contribution in [3.63, 3.8) is 0 Å². The van der Waals surface area contributed by atoms with Gasteiger partial charge in [0.1, 0.15) is 17.3 Å². The Morgan fingerprint density at radius 1 is 1.06 bits per heavy atom. The van der Waals surface area contributed by atoms with Gasteiger partial charge in [0.2, 0.25) is 5.06 Å². The molecule has 3 N–H and O–H groups in total. The Hall–Kier alpha value is -3.91. The summed E-state index contributed by atoms with van der Waals surface area (Å²) in [6.07, 6.45) is 1.65. The third-order valence-electron chi connectivity index (χ3n) is 4.39. The van der Waals surface area contributed by atoms with Crippen molar-refractivity contribution in [2.24, 2.45) is 0 Å². The highest BCUT2D eigenvalue weighted by Crippen LogP contribution is 2.39. The molecular weight excluding hydrogens is 410 g/mol. The molecule has 0 spiro atoms. The van der Waals surface area contributed by atoms with E-state index in [9.17, 15) is 4.79 Å². The molecule has 0 fully saturated rings. The molecule has 0 bridgehead atoms. The van der Waals surface area contributed by atoms with E-state index in [4.69, 9.17) is 10.5 Å². The first kappa shape index (κ1) is 20.4. The molecule has 0 saturated carbocycles. The van der Waals surface area contributed by atoms with Gasteiger partial charge in [0.15, 0.2) is 5.13 Å². The van der Waals surface area contributed by atoms with Crippen molar-refractivity contribution in [3.05, 3.63) is 78.5 Å². The summed E-state index contributed by atoms with van der Waals surface area (Å²) in [6.45, 7) is 0. The van der Waals surface area contributed by atoms with Gasteiger partial charge in [-0.05, 0) is 24.3 Å². The number of nitrogen functional groups attached to an aromatic ring is 1. The molecule has 0 saturated heterocycles. The highest BCUT2D eigenvalue weighted by Gasteiger charge is 2.14. The van der Waals surface area contributed by atoms with E-state index in [1.165, 1.54) is 16.2 Å². The molecule has 0 unspecified atom stereocenters. The molecule has 0 aliphatic heterocycles. The van der Waals surface area contributed by atoms with Gasteiger partial charge in [-0.3, -0.25) is 4.79 Å². The zero-order valence-electron chi connectivity index (χ0n) is 17.1. The summed E-state index contributed by atoms with van der Waals surface area (Å²) >= 11 is 1.28. The summed E-state index contributed by atoms with van der Waals surface area (Å²) in [6, 6.07) is 20.6. The zero-order valence-corrected chi connectivity index (χ0v) is 17.9. The maximum atomic E-state index is 12.2. The second-order valence-corrected chi connectivity index (χ2v) is 7.93. The number of rotatable bonds is 6. The number of nitrogens with zero attached hydrogens (tertiary/aromatic N) is 3. The van der Waals surface area contributed by atoms with Crippen LogP contribution in [0.2, 0.25) is 0 Å². The largest absolute Gasteiger partial charge is 0.444 e. The quantitative estimate of drug-likeness (QED) is 0.445. The van der Waals surface area contributed by atoms with Gasteiger partial charge in [-0.25, -0.2) is 9.97 Å². The van der Waals surface area contributed by atoms with Gasteiger partial charge in [0.25, 0.3) is 5.91 Å². The van der Waals surface area contributed by atoms with Crippen molar-refractivity contribution in [3.8, 4) is 22.1 Å². The third kappa shape index (κ3) is 4.81. The zero-order chi connectivity index (χ0) is 21.8. The van der Waals surface area contributed by atoms with E-state index in [0.717, 1.165) is 11.3 Å². The predicted molar refractivity (Wildman–Crippen MR) is 124 cm³/mol. The van der Waals surface area contributed by atoms with Crippen LogP contribution in [0.3, 0.4) is 0 Å². The molecular formula is C23H21N5O2S. The number of amides is 1. The fraction of sp³-hybridized carbons (Fsp3) is 0.0870. The number of nitrogens with two attached hydrogens (primary N) is 1. The molecule has 8 heteroatoms. The summed E-state index contributed by atoms with van der Waals surface area (Å²) in [4.78, 5) is 22.5. The van der Waals surface area contributed by atoms with Crippen LogP contribution in [0.15, 0.2) is 72.9 Å². The Balaban J connectivity index is 1.56. The Labute approximate surface area is 184 Å². The van der Waals surface area contributed by atoms with E-state index in [2.05, 4.69) is 15.3 Å². The Morgan fingerprint density at radius 3 is 2.65 bits per heavy atom. The van der Waals surface area contributed by atoms with Crippen LogP contribution in [-0.4, -0.2) is 34.9 Å². The van der Waals surface area contributed by atoms with Crippen molar-refractivity contribution >= 4 is 33.9 Å². The summed E-state index contributed by atoms with van der Waals surface area (Å²) < 4.78 is 6.09. The van der Waals surface area contributed by atoms with Gasteiger partial charge in [0, 0.05) is 43.2 Å². The Morgan fingerprint density at radius 2 is 1.87 bits per heavy atom. The molecule has 0 aliphatic rings. The van der Waals surface area contributed by atoms with Crippen LogP contribution < -0.4 is 15.8 Å². The number of benzene rings is 2. The molecule has 7 nitrogen and oxygen atoms in total. The van der Waals surface area contributed by atoms with E-state index in [-0.39, 0.29) is 5.91 Å². The fourth-order valence-electron chi connectivity index (χ4n) is 2.96. The van der Waals surface area contributed by atoms with Crippen LogP contribution in [-0.2, 0) is 0 Å². The molecule has 2 heterocycles. The van der Waals surface area contributed by atoms with E-state index in [1.807, 2.05) is 42.5 Å². The lowest BCUT2D eigenvalue weighted by molar-refractivity contribution is 0.0827. The van der Waals surface area contributed by atoms with Gasteiger partial charge in [-0.1, -0.05) is 47.7 Å². The summed E-state index contributed by atoms with van der Waals surface area (Å²) in [5, 5.41) is 4.26. The average Bonchev–Trinajstić information content (AvgIpc) is 3.14. The molecule has 4 aromatic rings. The third-order valence-corrected chi connectivity index (χ3v) is 5.15. The Kier molecular flexibility index (Phi) is 5.81. The molecule has 156 valence electrons. The minimum Gasteiger partial charge on any atom is -0.444 e. The standard InChI is InChI=1S/C23H21N5O2S/c1-28(2)21(29)16-9-6-10-17(13-16)26-19-14-18(11-12-25-19)30-22-20(27-23(24)31-22)15-7-4-3-5-8-15/h3-14H,1-2H3,(H2,24,27)(H,25,26). The maximum Gasteiger partial charge on any atom is 0.253 e. The highest BCUT2D eigenvalue weighted by atomic mass is 32.1. The van der Waals surface area contributed by atoms with E-state index >= 15 is 0 Å². The lowest BCUT2D eigenvalue weighted by Crippen LogP contribution is -2.21. The number of aromatic nitrogens is 2. The maximum absolute atomic E-state index is 12.2. The molecule has 4 rings (SSSR count). The summed E-state index contributed by atoms with van der Waals surface area (Å²) in [5.74, 6) is 1.12. The lowest BCUT2D eigenvalue weighted by Gasteiger charge is -2.12. The van der Waals surface area contributed by atoms with Gasteiger partial charge < -0.3 is 20.7 Å². The number of ether oxygens (including phenoxy) is 1. The molecule has 2 aromatic heterocycles. The van der Waals surface area contributed by atoms with Crippen LogP contribution in [0, 0.1) is 0 Å². The van der Waals surface area contributed by atoms with Crippen molar-refractivity contribution in [1.82, 2.24) is 14.9 Å². The number of carbonyl (C=O) groups is 1. The monoisotopic (exact) mass is 431 g/mol. The number of anilines is 3. The van der Waals surface area contributed by atoms with Gasteiger partial charge in [-0.15, -0.1) is 0 Å². The summed E-state index contributed by atoms with van der Waals surface area (Å²) in [5.41, 5.74) is 8.91. The number of nitrogens with one attached hydrogen (secondary N) is 1. The van der Waals surface area contributed by atoms with Gasteiger partial charge >= 0.3 is 0 Å². The first-order chi connectivity index (χ1) is 15.0. The molecule has 2 aromatic carbocycles. The minimum atomic E-state index is -0.0649. The molecule has 0 radical (unpaired) electrons. The van der Waals surface area contributed by atoms with Crippen LogP contribution >= 0.6 is 11.3 Å². The van der Waals surface area contributed by atoms with Gasteiger partial charge in [-0.2, -0.15) is 0 Å². The van der Waals surface area contributed by atoms with Crippen LogP contribution in [0.5, 0.6) is 10.8 Å². The normalized spacial score (nSPS) is 10.5. The van der Waals surface area contributed by atoms with Crippen molar-refractivity contribution in [2.75, 3.05) is 25.1 Å². The molecule has 0 aliphatic carbocycles. The van der Waals surface area contributed by atoms with E-state index < -0.39 is 0 Å². The molecule has 0 atom stereocenters. The number of hydrogen-bond donors (Lipinski definition) is 2. The minimum absolute atomic E-state index is 0.0649. The first-order valence-corrected chi connectivity index (χ1v) is 10.4. The Bertz CT molecular complexity index is 1210. The van der Waals surface area contributed by atoms with Crippen LogP contribution in [0.25, 0.3) is 11.3 Å². The van der Waals surface area contributed by atoms with Crippen LogP contribution in [0.1, 0.15) is 10.4 Å². The molecule has 1 amide bonds. The second-order valence-electron chi connectivity index (χ2n) is 6.94. The smallest absolute Gasteiger partial charge is 0.253 e. The van der Waals surface area contributed by atoms with Gasteiger partial charge in [0.05, 0.1) is 0 Å². The second kappa shape index (κ2) is 8.85. The molecule has 31 heavy (non-hydrogen) atoms. The van der Waals surface area contributed by atoms with E-state index in [0.29, 0.717) is 33.0 Å². The number of thiazole rings is 1. The summed E-state index contributed by atoms with van der Waals surface area (Å²) in [7, 11) is 3.45. The predicted octanol–water partition coefficient (Wildman–Crippen LogP) is 5.03. The number of hydrogen-bond acceptors (Lipinski definition) is 7. The van der Waals surface area contributed by atoms with Crippen molar-refractivity contribution in [2.45, 2.75) is 0 Å². The topological polar surface area (TPSA) is 93.4 Å². The van der Waals surface area contributed by atoms with Crippen molar-refractivity contribution in [1.29, 1.82) is 0 Å². The average molecular weight is 432 g/mol.